The van der Waals surface area contributed by atoms with Gasteiger partial charge in [-0.05, 0) is 52.9 Å². The molecule has 2 aromatic carbocycles. The van der Waals surface area contributed by atoms with Crippen molar-refractivity contribution in [2.24, 2.45) is 0 Å². The molecule has 0 bridgehead atoms. The van der Waals surface area contributed by atoms with E-state index >= 15 is 0 Å². The third-order valence-corrected chi connectivity index (χ3v) is 4.47. The first kappa shape index (κ1) is 14.5. The van der Waals surface area contributed by atoms with Gasteiger partial charge in [-0.2, -0.15) is 5.10 Å². The second kappa shape index (κ2) is 6.11. The van der Waals surface area contributed by atoms with Gasteiger partial charge in [0.15, 0.2) is 5.78 Å². The van der Waals surface area contributed by atoms with Crippen molar-refractivity contribution in [2.45, 2.75) is 0 Å². The zero-order valence-electron chi connectivity index (χ0n) is 10.8. The monoisotopic (exact) mass is 452 g/mol. The average Bonchev–Trinajstić information content (AvgIpc) is 3.00. The second-order valence-electron chi connectivity index (χ2n) is 4.46. The number of carbonyl (C=O) groups is 1. The normalized spacial score (nSPS) is 10.6. The molecule has 0 unspecified atom stereocenters. The minimum Gasteiger partial charge on any atom is -0.288 e. The molecule has 0 saturated heterocycles. The molecule has 3 rings (SSSR count). The van der Waals surface area contributed by atoms with Crippen LogP contribution in [-0.2, 0) is 0 Å². The lowest BCUT2D eigenvalue weighted by Gasteiger charge is -2.03. The van der Waals surface area contributed by atoms with Crippen LogP contribution in [0, 0.1) is 3.57 Å². The highest BCUT2D eigenvalue weighted by molar-refractivity contribution is 14.1. The van der Waals surface area contributed by atoms with E-state index in [0.717, 1.165) is 13.7 Å². The average molecular weight is 453 g/mol. The summed E-state index contributed by atoms with van der Waals surface area (Å²) in [6.07, 6.45) is 3.36. The number of hydrogen-bond acceptors (Lipinski definition) is 2. The third-order valence-electron chi connectivity index (χ3n) is 3.04. The Labute approximate surface area is 144 Å². The number of rotatable bonds is 3. The van der Waals surface area contributed by atoms with Crippen LogP contribution in [0.5, 0.6) is 0 Å². The zero-order chi connectivity index (χ0) is 14.8. The van der Waals surface area contributed by atoms with Crippen molar-refractivity contribution in [1.29, 1.82) is 0 Å². The van der Waals surface area contributed by atoms with E-state index in [1.807, 2.05) is 48.5 Å². The van der Waals surface area contributed by atoms with Crippen molar-refractivity contribution < 1.29 is 4.79 Å². The van der Waals surface area contributed by atoms with Crippen molar-refractivity contribution in [1.82, 2.24) is 9.78 Å². The van der Waals surface area contributed by atoms with Crippen LogP contribution in [0.15, 0.2) is 65.4 Å². The molecule has 0 atom stereocenters. The lowest BCUT2D eigenvalue weighted by molar-refractivity contribution is 0.103. The summed E-state index contributed by atoms with van der Waals surface area (Å²) >= 11 is 5.57. The van der Waals surface area contributed by atoms with Gasteiger partial charge < -0.3 is 0 Å². The lowest BCUT2D eigenvalue weighted by atomic mass is 10.1. The lowest BCUT2D eigenvalue weighted by Crippen LogP contribution is -2.02. The first-order valence-corrected chi connectivity index (χ1v) is 8.12. The highest BCUT2D eigenvalue weighted by Crippen LogP contribution is 2.21. The van der Waals surface area contributed by atoms with E-state index in [9.17, 15) is 4.79 Å². The highest BCUT2D eigenvalue weighted by atomic mass is 127. The number of carbonyl (C=O) groups excluding carboxylic acids is 1. The zero-order valence-corrected chi connectivity index (χ0v) is 14.6. The summed E-state index contributed by atoms with van der Waals surface area (Å²) in [7, 11) is 0. The predicted octanol–water partition coefficient (Wildman–Crippen LogP) is 4.47. The molecule has 0 N–H and O–H groups in total. The van der Waals surface area contributed by atoms with Gasteiger partial charge in [-0.3, -0.25) is 4.79 Å². The number of ketones is 1. The molecule has 0 radical (unpaired) electrons. The van der Waals surface area contributed by atoms with E-state index < -0.39 is 0 Å². The molecule has 0 aliphatic heterocycles. The Kier molecular flexibility index (Phi) is 4.21. The molecule has 1 aromatic heterocycles. The molecule has 0 spiro atoms. The molecule has 104 valence electrons. The largest absolute Gasteiger partial charge is 0.288 e. The fourth-order valence-electron chi connectivity index (χ4n) is 1.99. The highest BCUT2D eigenvalue weighted by Gasteiger charge is 2.15. The predicted molar refractivity (Wildman–Crippen MR) is 93.9 cm³/mol. The smallest absolute Gasteiger partial charge is 0.197 e. The van der Waals surface area contributed by atoms with E-state index in [1.165, 1.54) is 0 Å². The van der Waals surface area contributed by atoms with Crippen LogP contribution in [-0.4, -0.2) is 15.6 Å². The number of aromatic nitrogens is 2. The maximum Gasteiger partial charge on any atom is 0.197 e. The molecule has 0 aliphatic carbocycles. The molecule has 21 heavy (non-hydrogen) atoms. The summed E-state index contributed by atoms with van der Waals surface area (Å²) in [5, 5.41) is 4.27. The number of benzene rings is 2. The summed E-state index contributed by atoms with van der Waals surface area (Å²) in [6, 6.07) is 15.4. The van der Waals surface area contributed by atoms with Crippen LogP contribution in [0.25, 0.3) is 5.69 Å². The molecule has 3 aromatic rings. The van der Waals surface area contributed by atoms with Gasteiger partial charge in [-0.25, -0.2) is 4.68 Å². The summed E-state index contributed by atoms with van der Waals surface area (Å²) in [6.45, 7) is 0. The molecule has 0 aliphatic rings. The number of nitrogens with zero attached hydrogens (tertiary/aromatic N) is 2. The van der Waals surface area contributed by atoms with Gasteiger partial charge in [0, 0.05) is 19.8 Å². The Morgan fingerprint density at radius 3 is 2.67 bits per heavy atom. The minimum absolute atomic E-state index is 0.0251. The van der Waals surface area contributed by atoms with Gasteiger partial charge in [0.05, 0.1) is 17.4 Å². The SMILES string of the molecule is O=C(c1cnn(-c2ccccc2)c1)c1cc(Br)ccc1I. The van der Waals surface area contributed by atoms with E-state index in [2.05, 4.69) is 43.6 Å². The standard InChI is InChI=1S/C16H10BrIN2O/c17-12-6-7-15(18)14(8-12)16(21)11-9-19-20(10-11)13-4-2-1-3-5-13/h1-10H. The Balaban J connectivity index is 1.96. The van der Waals surface area contributed by atoms with Gasteiger partial charge in [0.2, 0.25) is 0 Å². The Morgan fingerprint density at radius 1 is 1.14 bits per heavy atom. The van der Waals surface area contributed by atoms with E-state index in [-0.39, 0.29) is 5.78 Å². The summed E-state index contributed by atoms with van der Waals surface area (Å²) < 4.78 is 3.52. The molecule has 1 heterocycles. The van der Waals surface area contributed by atoms with Gasteiger partial charge in [0.25, 0.3) is 0 Å². The third kappa shape index (κ3) is 3.08. The van der Waals surface area contributed by atoms with Crippen LogP contribution >= 0.6 is 38.5 Å². The summed E-state index contributed by atoms with van der Waals surface area (Å²) in [5.41, 5.74) is 2.19. The molecule has 0 amide bonds. The molecule has 5 heteroatoms. The number of para-hydroxylation sites is 1. The topological polar surface area (TPSA) is 34.9 Å². The van der Waals surface area contributed by atoms with E-state index in [0.29, 0.717) is 11.1 Å². The fourth-order valence-corrected chi connectivity index (χ4v) is 2.93. The van der Waals surface area contributed by atoms with Crippen molar-refractivity contribution in [3.8, 4) is 5.69 Å². The van der Waals surface area contributed by atoms with Crippen LogP contribution < -0.4 is 0 Å². The van der Waals surface area contributed by atoms with Crippen LogP contribution in [0.2, 0.25) is 0 Å². The van der Waals surface area contributed by atoms with Crippen molar-refractivity contribution in [2.75, 3.05) is 0 Å². The molecular formula is C16H10BrIN2O. The van der Waals surface area contributed by atoms with Gasteiger partial charge in [-0.15, -0.1) is 0 Å². The van der Waals surface area contributed by atoms with E-state index in [4.69, 9.17) is 0 Å². The molecule has 0 fully saturated rings. The number of halogens is 2. The van der Waals surface area contributed by atoms with Crippen molar-refractivity contribution in [3.05, 3.63) is 80.1 Å². The molecule has 0 saturated carbocycles. The van der Waals surface area contributed by atoms with Gasteiger partial charge in [-0.1, -0.05) is 34.1 Å². The Hall–Kier alpha value is -1.47. The summed E-state index contributed by atoms with van der Waals surface area (Å²) in [4.78, 5) is 12.6. The van der Waals surface area contributed by atoms with Crippen LogP contribution in [0.3, 0.4) is 0 Å². The van der Waals surface area contributed by atoms with Gasteiger partial charge in [0.1, 0.15) is 0 Å². The maximum atomic E-state index is 12.6. The molecule has 3 nitrogen and oxygen atoms in total. The number of hydrogen-bond donors (Lipinski definition) is 0. The van der Waals surface area contributed by atoms with Crippen molar-refractivity contribution in [3.63, 3.8) is 0 Å². The Morgan fingerprint density at radius 2 is 1.90 bits per heavy atom. The minimum atomic E-state index is -0.0251. The first-order valence-electron chi connectivity index (χ1n) is 6.25. The quantitative estimate of drug-likeness (QED) is 0.434. The molecular weight excluding hydrogens is 443 g/mol. The summed E-state index contributed by atoms with van der Waals surface area (Å²) in [5.74, 6) is -0.0251. The fraction of sp³-hybridized carbons (Fsp3) is 0. The second-order valence-corrected chi connectivity index (χ2v) is 6.54. The van der Waals surface area contributed by atoms with Crippen LogP contribution in [0.4, 0.5) is 0 Å². The Bertz CT molecular complexity index is 799. The first-order chi connectivity index (χ1) is 10.1. The van der Waals surface area contributed by atoms with Crippen LogP contribution in [0.1, 0.15) is 15.9 Å². The van der Waals surface area contributed by atoms with Gasteiger partial charge >= 0.3 is 0 Å². The maximum absolute atomic E-state index is 12.6. The van der Waals surface area contributed by atoms with Crippen molar-refractivity contribution >= 4 is 44.3 Å². The van der Waals surface area contributed by atoms with E-state index in [1.54, 1.807) is 17.1 Å².